The second-order valence-corrected chi connectivity index (χ2v) is 6.01. The molecule has 0 fully saturated rings. The van der Waals surface area contributed by atoms with Gasteiger partial charge >= 0.3 is 0 Å². The molecule has 1 heterocycles. The lowest BCUT2D eigenvalue weighted by molar-refractivity contribution is 0.0955. The van der Waals surface area contributed by atoms with Crippen LogP contribution in [0, 0.1) is 6.92 Å². The molecule has 3 aromatic rings. The Morgan fingerprint density at radius 1 is 1.12 bits per heavy atom. The van der Waals surface area contributed by atoms with Crippen molar-refractivity contribution >= 4 is 28.7 Å². The van der Waals surface area contributed by atoms with Crippen LogP contribution in [0.5, 0.6) is 0 Å². The van der Waals surface area contributed by atoms with Crippen LogP contribution in [0.4, 0.5) is 5.69 Å². The zero-order valence-electron chi connectivity index (χ0n) is 14.5. The highest BCUT2D eigenvalue weighted by atomic mass is 16.2. The van der Waals surface area contributed by atoms with Gasteiger partial charge in [0.1, 0.15) is 0 Å². The van der Waals surface area contributed by atoms with Crippen LogP contribution in [-0.4, -0.2) is 31.2 Å². The van der Waals surface area contributed by atoms with Crippen LogP contribution in [0.15, 0.2) is 59.8 Å². The summed E-state index contributed by atoms with van der Waals surface area (Å²) >= 11 is 0. The topological polar surface area (TPSA) is 57.6 Å². The largest absolute Gasteiger partial charge is 0.378 e. The Balaban J connectivity index is 1.75. The fourth-order valence-electron chi connectivity index (χ4n) is 2.58. The molecule has 0 atom stereocenters. The first kappa shape index (κ1) is 16.6. The number of pyridine rings is 1. The zero-order chi connectivity index (χ0) is 17.8. The molecule has 2 aromatic carbocycles. The van der Waals surface area contributed by atoms with E-state index in [0.29, 0.717) is 5.56 Å². The van der Waals surface area contributed by atoms with E-state index in [1.54, 1.807) is 24.5 Å². The summed E-state index contributed by atoms with van der Waals surface area (Å²) in [4.78, 5) is 18.6. The predicted molar refractivity (Wildman–Crippen MR) is 102 cm³/mol. The lowest BCUT2D eigenvalue weighted by atomic mass is 10.1. The van der Waals surface area contributed by atoms with Crippen LogP contribution in [0.2, 0.25) is 0 Å². The summed E-state index contributed by atoms with van der Waals surface area (Å²) in [5, 5.41) is 5.10. The molecule has 126 valence electrons. The number of hydrogen-bond acceptors (Lipinski definition) is 4. The number of carbonyl (C=O) groups excluding carboxylic acids is 1. The van der Waals surface area contributed by atoms with E-state index in [9.17, 15) is 4.79 Å². The molecule has 1 amide bonds. The fourth-order valence-corrected chi connectivity index (χ4v) is 2.58. The highest BCUT2D eigenvalue weighted by Gasteiger charge is 2.05. The van der Waals surface area contributed by atoms with Crippen LogP contribution in [0.25, 0.3) is 10.9 Å². The van der Waals surface area contributed by atoms with Gasteiger partial charge in [0.2, 0.25) is 0 Å². The average Bonchev–Trinajstić information content (AvgIpc) is 2.64. The van der Waals surface area contributed by atoms with Gasteiger partial charge in [-0.25, -0.2) is 5.43 Å². The van der Waals surface area contributed by atoms with E-state index < -0.39 is 0 Å². The van der Waals surface area contributed by atoms with E-state index in [4.69, 9.17) is 0 Å². The van der Waals surface area contributed by atoms with E-state index in [-0.39, 0.29) is 5.91 Å². The standard InChI is InChI=1S/C20H20N4O/c1-14-6-7-16(18-5-4-12-21-19(14)18)13-22-23-20(25)15-8-10-17(11-9-15)24(2)3/h4-13H,1-3H3,(H,23,25)/b22-13+. The number of aryl methyl sites for hydroxylation is 1. The van der Waals surface area contributed by atoms with Gasteiger partial charge in [-0.2, -0.15) is 5.10 Å². The molecular weight excluding hydrogens is 312 g/mol. The van der Waals surface area contributed by atoms with Crippen LogP contribution < -0.4 is 10.3 Å². The SMILES string of the molecule is Cc1ccc(/C=N/NC(=O)c2ccc(N(C)C)cc2)c2cccnc12. The number of nitrogens with zero attached hydrogens (tertiary/aromatic N) is 3. The lowest BCUT2D eigenvalue weighted by Gasteiger charge is -2.12. The minimum absolute atomic E-state index is 0.240. The number of rotatable bonds is 4. The third-order valence-corrected chi connectivity index (χ3v) is 4.02. The fraction of sp³-hybridized carbons (Fsp3) is 0.150. The molecule has 0 radical (unpaired) electrons. The predicted octanol–water partition coefficient (Wildman–Crippen LogP) is 3.37. The number of aromatic nitrogens is 1. The van der Waals surface area contributed by atoms with E-state index in [1.807, 2.05) is 62.3 Å². The Kier molecular flexibility index (Phi) is 4.75. The quantitative estimate of drug-likeness (QED) is 0.589. The van der Waals surface area contributed by atoms with Crippen molar-refractivity contribution in [1.82, 2.24) is 10.4 Å². The molecule has 5 nitrogen and oxygen atoms in total. The highest BCUT2D eigenvalue weighted by Crippen LogP contribution is 2.18. The molecule has 25 heavy (non-hydrogen) atoms. The monoisotopic (exact) mass is 332 g/mol. The summed E-state index contributed by atoms with van der Waals surface area (Å²) in [7, 11) is 3.92. The third kappa shape index (κ3) is 3.66. The van der Waals surface area contributed by atoms with Crippen LogP contribution in [0.1, 0.15) is 21.5 Å². The molecule has 1 N–H and O–H groups in total. The number of hydrazone groups is 1. The minimum atomic E-state index is -0.240. The van der Waals surface area contributed by atoms with Crippen molar-refractivity contribution in [3.05, 3.63) is 71.4 Å². The first-order valence-corrected chi connectivity index (χ1v) is 8.01. The zero-order valence-corrected chi connectivity index (χ0v) is 14.5. The Morgan fingerprint density at radius 3 is 2.60 bits per heavy atom. The molecule has 0 unspecified atom stereocenters. The Bertz CT molecular complexity index is 930. The van der Waals surface area contributed by atoms with Gasteiger partial charge < -0.3 is 4.90 Å². The van der Waals surface area contributed by atoms with Gasteiger partial charge in [0.15, 0.2) is 0 Å². The van der Waals surface area contributed by atoms with Gasteiger partial charge in [0, 0.05) is 42.5 Å². The molecule has 0 bridgehead atoms. The third-order valence-electron chi connectivity index (χ3n) is 4.02. The van der Waals surface area contributed by atoms with Crippen molar-refractivity contribution in [2.24, 2.45) is 5.10 Å². The van der Waals surface area contributed by atoms with Crippen molar-refractivity contribution in [3.63, 3.8) is 0 Å². The number of nitrogens with one attached hydrogen (secondary N) is 1. The first-order chi connectivity index (χ1) is 12.1. The van der Waals surface area contributed by atoms with Gasteiger partial charge in [-0.05, 0) is 42.8 Å². The summed E-state index contributed by atoms with van der Waals surface area (Å²) in [6, 6.07) is 15.2. The van der Waals surface area contributed by atoms with Gasteiger partial charge in [0.05, 0.1) is 11.7 Å². The maximum absolute atomic E-state index is 12.2. The van der Waals surface area contributed by atoms with Crippen molar-refractivity contribution in [3.8, 4) is 0 Å². The maximum Gasteiger partial charge on any atom is 0.271 e. The van der Waals surface area contributed by atoms with Crippen LogP contribution in [-0.2, 0) is 0 Å². The van der Waals surface area contributed by atoms with Crippen molar-refractivity contribution < 1.29 is 4.79 Å². The smallest absolute Gasteiger partial charge is 0.271 e. The average molecular weight is 332 g/mol. The number of amides is 1. The molecule has 3 rings (SSSR count). The van der Waals surface area contributed by atoms with Crippen LogP contribution in [0.3, 0.4) is 0 Å². The van der Waals surface area contributed by atoms with Gasteiger partial charge in [-0.3, -0.25) is 9.78 Å². The number of fused-ring (bicyclic) bond motifs is 1. The number of carbonyl (C=O) groups is 1. The number of anilines is 1. The molecule has 5 heteroatoms. The minimum Gasteiger partial charge on any atom is -0.378 e. The highest BCUT2D eigenvalue weighted by molar-refractivity contribution is 6.00. The number of hydrogen-bond donors (Lipinski definition) is 1. The van der Waals surface area contributed by atoms with Crippen molar-refractivity contribution in [2.75, 3.05) is 19.0 Å². The van der Waals surface area contributed by atoms with E-state index in [1.165, 1.54) is 0 Å². The second kappa shape index (κ2) is 7.13. The van der Waals surface area contributed by atoms with E-state index >= 15 is 0 Å². The van der Waals surface area contributed by atoms with Crippen molar-refractivity contribution in [1.29, 1.82) is 0 Å². The van der Waals surface area contributed by atoms with Crippen LogP contribution >= 0.6 is 0 Å². The first-order valence-electron chi connectivity index (χ1n) is 8.01. The van der Waals surface area contributed by atoms with Crippen molar-refractivity contribution in [2.45, 2.75) is 6.92 Å². The summed E-state index contributed by atoms with van der Waals surface area (Å²) < 4.78 is 0. The second-order valence-electron chi connectivity index (χ2n) is 6.01. The molecule has 0 spiro atoms. The summed E-state index contributed by atoms with van der Waals surface area (Å²) in [6.45, 7) is 2.02. The number of benzene rings is 2. The summed E-state index contributed by atoms with van der Waals surface area (Å²) in [5.74, 6) is -0.240. The Labute approximate surface area is 147 Å². The molecule has 0 aliphatic carbocycles. The Morgan fingerprint density at radius 2 is 1.88 bits per heavy atom. The van der Waals surface area contributed by atoms with Gasteiger partial charge in [-0.1, -0.05) is 18.2 Å². The molecule has 0 saturated heterocycles. The normalized spacial score (nSPS) is 11.0. The molecule has 0 aliphatic heterocycles. The molecule has 0 aliphatic rings. The molecule has 1 aromatic heterocycles. The van der Waals surface area contributed by atoms with E-state index in [2.05, 4.69) is 15.5 Å². The van der Waals surface area contributed by atoms with Gasteiger partial charge in [0.25, 0.3) is 5.91 Å². The molecule has 0 saturated carbocycles. The maximum atomic E-state index is 12.2. The summed E-state index contributed by atoms with van der Waals surface area (Å²) in [6.07, 6.45) is 3.42. The van der Waals surface area contributed by atoms with Gasteiger partial charge in [-0.15, -0.1) is 0 Å². The summed E-state index contributed by atoms with van der Waals surface area (Å²) in [5.41, 5.74) is 7.14. The lowest BCUT2D eigenvalue weighted by Crippen LogP contribution is -2.18. The Hall–Kier alpha value is -3.21. The van der Waals surface area contributed by atoms with E-state index in [0.717, 1.165) is 27.7 Å². The molecular formula is C20H20N4O.